The lowest BCUT2D eigenvalue weighted by molar-refractivity contribution is -0.134. The number of aliphatic carboxylic acids is 1. The molecular weight excluding hydrogens is 192 g/mol. The van der Waals surface area contributed by atoms with Crippen molar-refractivity contribution in [1.82, 2.24) is 0 Å². The number of aliphatic hydroxyl groups excluding tert-OH is 1. The summed E-state index contributed by atoms with van der Waals surface area (Å²) in [7, 11) is 0. The van der Waals surface area contributed by atoms with E-state index in [0.717, 1.165) is 19.8 Å². The van der Waals surface area contributed by atoms with Gasteiger partial charge >= 0.3 is 0 Å². The molecule has 3 nitrogen and oxygen atoms in total. The van der Waals surface area contributed by atoms with Crippen LogP contribution < -0.4 is 0 Å². The van der Waals surface area contributed by atoms with Crippen molar-refractivity contribution in [3.63, 3.8) is 0 Å². The van der Waals surface area contributed by atoms with E-state index in [2.05, 4.69) is 20.4 Å². The standard InChI is InChI=1S/C10H20O.C2H4O2/c1-9(2)5-4-6-10(3)7-8-11;1-2(3)4/h10-11H,1,4-8H2,2-3H3;1H3,(H,3,4). The fourth-order valence-electron chi connectivity index (χ4n) is 1.12. The molecule has 0 bridgehead atoms. The first kappa shape index (κ1) is 16.6. The molecule has 15 heavy (non-hydrogen) atoms. The van der Waals surface area contributed by atoms with Crippen molar-refractivity contribution in [1.29, 1.82) is 0 Å². The summed E-state index contributed by atoms with van der Waals surface area (Å²) in [5.41, 5.74) is 1.26. The Morgan fingerprint density at radius 3 is 2.13 bits per heavy atom. The highest BCUT2D eigenvalue weighted by Gasteiger charge is 1.99. The Hall–Kier alpha value is -0.830. The van der Waals surface area contributed by atoms with Crippen LogP contribution in [0.3, 0.4) is 0 Å². The van der Waals surface area contributed by atoms with Gasteiger partial charge in [0.05, 0.1) is 0 Å². The van der Waals surface area contributed by atoms with E-state index in [9.17, 15) is 0 Å². The maximum atomic E-state index is 9.00. The number of allylic oxidation sites excluding steroid dienone is 1. The van der Waals surface area contributed by atoms with E-state index in [-0.39, 0.29) is 0 Å². The number of rotatable bonds is 6. The number of aliphatic hydroxyl groups is 1. The van der Waals surface area contributed by atoms with Gasteiger partial charge in [0.15, 0.2) is 0 Å². The minimum Gasteiger partial charge on any atom is -0.481 e. The Morgan fingerprint density at radius 2 is 1.80 bits per heavy atom. The van der Waals surface area contributed by atoms with Crippen molar-refractivity contribution >= 4 is 5.97 Å². The molecule has 0 amide bonds. The minimum absolute atomic E-state index is 0.328. The van der Waals surface area contributed by atoms with Gasteiger partial charge in [0.25, 0.3) is 5.97 Å². The zero-order valence-electron chi connectivity index (χ0n) is 10.1. The van der Waals surface area contributed by atoms with Crippen molar-refractivity contribution in [3.05, 3.63) is 12.2 Å². The summed E-state index contributed by atoms with van der Waals surface area (Å²) in [6.07, 6.45) is 4.51. The summed E-state index contributed by atoms with van der Waals surface area (Å²) in [4.78, 5) is 9.00. The number of carbonyl (C=O) groups is 1. The van der Waals surface area contributed by atoms with Crippen molar-refractivity contribution in [3.8, 4) is 0 Å². The molecule has 0 aliphatic carbocycles. The predicted molar refractivity (Wildman–Crippen MR) is 62.8 cm³/mol. The van der Waals surface area contributed by atoms with E-state index in [1.807, 2.05) is 0 Å². The molecule has 0 aromatic carbocycles. The molecule has 90 valence electrons. The third kappa shape index (κ3) is 24.6. The van der Waals surface area contributed by atoms with E-state index in [0.29, 0.717) is 12.5 Å². The van der Waals surface area contributed by atoms with Gasteiger partial charge in [0, 0.05) is 13.5 Å². The van der Waals surface area contributed by atoms with Gasteiger partial charge in [-0.15, -0.1) is 6.58 Å². The zero-order chi connectivity index (χ0) is 12.3. The fraction of sp³-hybridized carbons (Fsp3) is 0.750. The number of hydrogen-bond acceptors (Lipinski definition) is 2. The van der Waals surface area contributed by atoms with E-state index in [4.69, 9.17) is 15.0 Å². The molecule has 0 radical (unpaired) electrons. The first-order valence-electron chi connectivity index (χ1n) is 5.34. The molecule has 0 aromatic heterocycles. The smallest absolute Gasteiger partial charge is 0.300 e. The monoisotopic (exact) mass is 216 g/mol. The third-order valence-electron chi connectivity index (χ3n) is 1.92. The average molecular weight is 216 g/mol. The van der Waals surface area contributed by atoms with Crippen molar-refractivity contribution in [2.45, 2.75) is 46.5 Å². The highest BCUT2D eigenvalue weighted by molar-refractivity contribution is 5.62. The van der Waals surface area contributed by atoms with Gasteiger partial charge in [0.1, 0.15) is 0 Å². The maximum absolute atomic E-state index is 9.00. The molecule has 0 heterocycles. The lowest BCUT2D eigenvalue weighted by atomic mass is 10.00. The summed E-state index contributed by atoms with van der Waals surface area (Å²) in [5.74, 6) is -0.167. The third-order valence-corrected chi connectivity index (χ3v) is 1.92. The van der Waals surface area contributed by atoms with Crippen molar-refractivity contribution in [2.75, 3.05) is 6.61 Å². The van der Waals surface area contributed by atoms with Gasteiger partial charge in [0.2, 0.25) is 0 Å². The summed E-state index contributed by atoms with van der Waals surface area (Å²) < 4.78 is 0. The van der Waals surface area contributed by atoms with E-state index in [1.165, 1.54) is 18.4 Å². The molecule has 3 heteroatoms. The quantitative estimate of drug-likeness (QED) is 0.671. The molecule has 0 spiro atoms. The summed E-state index contributed by atoms with van der Waals surface area (Å²) >= 11 is 0. The Labute approximate surface area is 92.8 Å². The summed E-state index contributed by atoms with van der Waals surface area (Å²) in [5, 5.41) is 16.0. The van der Waals surface area contributed by atoms with Crippen LogP contribution in [0.5, 0.6) is 0 Å². The normalized spacial score (nSPS) is 11.2. The Balaban J connectivity index is 0. The Bertz CT molecular complexity index is 172. The highest BCUT2D eigenvalue weighted by atomic mass is 16.4. The van der Waals surface area contributed by atoms with E-state index >= 15 is 0 Å². The van der Waals surface area contributed by atoms with E-state index in [1.54, 1.807) is 0 Å². The number of hydrogen-bond donors (Lipinski definition) is 2. The SMILES string of the molecule is C=C(C)CCCC(C)CCO.CC(=O)O. The summed E-state index contributed by atoms with van der Waals surface area (Å²) in [6.45, 7) is 9.51. The minimum atomic E-state index is -0.833. The van der Waals surface area contributed by atoms with Crippen molar-refractivity contribution in [2.24, 2.45) is 5.92 Å². The lowest BCUT2D eigenvalue weighted by Gasteiger charge is -2.08. The van der Waals surface area contributed by atoms with Gasteiger partial charge in [-0.2, -0.15) is 0 Å². The van der Waals surface area contributed by atoms with Gasteiger partial charge in [-0.05, 0) is 32.1 Å². The van der Waals surface area contributed by atoms with Crippen LogP contribution in [0.25, 0.3) is 0 Å². The topological polar surface area (TPSA) is 57.5 Å². The first-order valence-corrected chi connectivity index (χ1v) is 5.34. The largest absolute Gasteiger partial charge is 0.481 e. The van der Waals surface area contributed by atoms with Gasteiger partial charge in [-0.3, -0.25) is 4.79 Å². The summed E-state index contributed by atoms with van der Waals surface area (Å²) in [6, 6.07) is 0. The Kier molecular flexibility index (Phi) is 12.4. The van der Waals surface area contributed by atoms with Crippen LogP contribution in [0.1, 0.15) is 46.5 Å². The molecule has 0 saturated heterocycles. The molecule has 0 aliphatic heterocycles. The molecule has 0 rings (SSSR count). The van der Waals surface area contributed by atoms with Crippen molar-refractivity contribution < 1.29 is 15.0 Å². The van der Waals surface area contributed by atoms with Crippen LogP contribution in [0.15, 0.2) is 12.2 Å². The Morgan fingerprint density at radius 1 is 1.33 bits per heavy atom. The average Bonchev–Trinajstić information content (AvgIpc) is 2.02. The van der Waals surface area contributed by atoms with Crippen LogP contribution in [0.2, 0.25) is 0 Å². The van der Waals surface area contributed by atoms with Crippen LogP contribution in [0, 0.1) is 5.92 Å². The second kappa shape index (κ2) is 11.2. The van der Waals surface area contributed by atoms with Gasteiger partial charge in [-0.25, -0.2) is 0 Å². The number of carboxylic acid groups (broad SMARTS) is 1. The predicted octanol–water partition coefficient (Wildman–Crippen LogP) is 2.84. The zero-order valence-corrected chi connectivity index (χ0v) is 10.1. The second-order valence-electron chi connectivity index (χ2n) is 3.99. The molecule has 0 fully saturated rings. The van der Waals surface area contributed by atoms with E-state index < -0.39 is 5.97 Å². The maximum Gasteiger partial charge on any atom is 0.300 e. The van der Waals surface area contributed by atoms with Crippen LogP contribution in [-0.4, -0.2) is 22.8 Å². The molecule has 2 N–H and O–H groups in total. The lowest BCUT2D eigenvalue weighted by Crippen LogP contribution is -1.97. The van der Waals surface area contributed by atoms with Gasteiger partial charge in [-0.1, -0.05) is 18.9 Å². The molecule has 1 atom stereocenters. The van der Waals surface area contributed by atoms with Crippen LogP contribution in [0.4, 0.5) is 0 Å². The fourth-order valence-corrected chi connectivity index (χ4v) is 1.12. The van der Waals surface area contributed by atoms with Crippen LogP contribution in [-0.2, 0) is 4.79 Å². The van der Waals surface area contributed by atoms with Gasteiger partial charge < -0.3 is 10.2 Å². The molecule has 0 aliphatic rings. The molecule has 1 unspecified atom stereocenters. The molecule has 0 aromatic rings. The number of carboxylic acids is 1. The first-order chi connectivity index (χ1) is 6.90. The molecule has 0 saturated carbocycles. The van der Waals surface area contributed by atoms with Crippen LogP contribution >= 0.6 is 0 Å². The molecular formula is C12H24O3. The second-order valence-corrected chi connectivity index (χ2v) is 3.99. The highest BCUT2D eigenvalue weighted by Crippen LogP contribution is 2.13.